The van der Waals surface area contributed by atoms with Crippen LogP contribution in [0, 0.1) is 0 Å². The maximum absolute atomic E-state index is 12.4. The number of thiazole rings is 1. The van der Waals surface area contributed by atoms with Crippen molar-refractivity contribution >= 4 is 17.2 Å². The molecular formula is C16H17N3O2S. The van der Waals surface area contributed by atoms with Crippen LogP contribution in [-0.2, 0) is 0 Å². The minimum Gasteiger partial charge on any atom is -0.508 e. The number of nitrogens with one attached hydrogen (secondary N) is 2. The molecule has 1 amide bonds. The molecule has 114 valence electrons. The molecular weight excluding hydrogens is 298 g/mol. The van der Waals surface area contributed by atoms with Gasteiger partial charge in [-0.3, -0.25) is 4.79 Å². The normalized spacial score (nSPS) is 26.3. The van der Waals surface area contributed by atoms with Gasteiger partial charge in [0.2, 0.25) is 0 Å². The highest BCUT2D eigenvalue weighted by Crippen LogP contribution is 2.30. The Labute approximate surface area is 132 Å². The molecule has 2 bridgehead atoms. The molecule has 0 unspecified atom stereocenters. The molecule has 3 atom stereocenters. The van der Waals surface area contributed by atoms with E-state index in [-0.39, 0.29) is 17.7 Å². The molecule has 0 saturated carbocycles. The third-order valence-electron chi connectivity index (χ3n) is 4.46. The van der Waals surface area contributed by atoms with Crippen LogP contribution < -0.4 is 10.6 Å². The first-order chi connectivity index (χ1) is 10.7. The van der Waals surface area contributed by atoms with Crippen LogP contribution in [-0.4, -0.2) is 34.1 Å². The summed E-state index contributed by atoms with van der Waals surface area (Å²) < 4.78 is 0. The molecule has 2 aromatic rings. The summed E-state index contributed by atoms with van der Waals surface area (Å²) in [6, 6.07) is 8.09. The van der Waals surface area contributed by atoms with Crippen LogP contribution in [0.2, 0.25) is 0 Å². The molecule has 22 heavy (non-hydrogen) atoms. The van der Waals surface area contributed by atoms with E-state index in [0.717, 1.165) is 23.4 Å². The average molecular weight is 315 g/mol. The second-order valence-electron chi connectivity index (χ2n) is 5.94. The summed E-state index contributed by atoms with van der Waals surface area (Å²) in [5.74, 6) is 0.184. The highest BCUT2D eigenvalue weighted by molar-refractivity contribution is 7.16. The maximum atomic E-state index is 12.4. The summed E-state index contributed by atoms with van der Waals surface area (Å²) >= 11 is 1.38. The third kappa shape index (κ3) is 2.48. The van der Waals surface area contributed by atoms with Crippen molar-refractivity contribution in [2.45, 2.75) is 37.4 Å². The topological polar surface area (TPSA) is 74.2 Å². The van der Waals surface area contributed by atoms with Crippen LogP contribution in [0.1, 0.15) is 28.9 Å². The fraction of sp³-hybridized carbons (Fsp3) is 0.375. The van der Waals surface area contributed by atoms with Crippen molar-refractivity contribution in [2.75, 3.05) is 0 Å². The molecule has 1 aromatic heterocycles. The van der Waals surface area contributed by atoms with Crippen LogP contribution in [0.4, 0.5) is 0 Å². The van der Waals surface area contributed by atoms with Gasteiger partial charge >= 0.3 is 0 Å². The highest BCUT2D eigenvalue weighted by Gasteiger charge is 2.39. The predicted octanol–water partition coefficient (Wildman–Crippen LogP) is 2.14. The third-order valence-corrected chi connectivity index (χ3v) is 5.51. The minimum atomic E-state index is -0.0399. The van der Waals surface area contributed by atoms with Gasteiger partial charge < -0.3 is 15.7 Å². The first-order valence-electron chi connectivity index (χ1n) is 7.51. The number of phenolic OH excluding ortho intramolecular Hbond substituents is 1. The fourth-order valence-corrected chi connectivity index (χ4v) is 4.16. The van der Waals surface area contributed by atoms with E-state index in [4.69, 9.17) is 0 Å². The lowest BCUT2D eigenvalue weighted by Crippen LogP contribution is -2.42. The zero-order valence-corrected chi connectivity index (χ0v) is 12.8. The van der Waals surface area contributed by atoms with Crippen molar-refractivity contribution in [3.05, 3.63) is 35.3 Å². The van der Waals surface area contributed by atoms with E-state index in [9.17, 15) is 9.90 Å². The lowest BCUT2D eigenvalue weighted by atomic mass is 9.95. The summed E-state index contributed by atoms with van der Waals surface area (Å²) in [5.41, 5.74) is 0.906. The predicted molar refractivity (Wildman–Crippen MR) is 85.0 cm³/mol. The summed E-state index contributed by atoms with van der Waals surface area (Å²) in [6.07, 6.45) is 5.03. The molecule has 2 aliphatic rings. The molecule has 0 spiro atoms. The lowest BCUT2D eigenvalue weighted by molar-refractivity contribution is 0.0935. The average Bonchev–Trinajstić information content (AvgIpc) is 3.24. The quantitative estimate of drug-likeness (QED) is 0.811. The second-order valence-corrected chi connectivity index (χ2v) is 6.97. The number of rotatable bonds is 3. The zero-order valence-electron chi connectivity index (χ0n) is 12.0. The van der Waals surface area contributed by atoms with Crippen LogP contribution >= 0.6 is 11.3 Å². The number of benzene rings is 1. The first-order valence-corrected chi connectivity index (χ1v) is 8.33. The van der Waals surface area contributed by atoms with Gasteiger partial charge in [0.15, 0.2) is 0 Å². The van der Waals surface area contributed by atoms with E-state index in [2.05, 4.69) is 15.6 Å². The van der Waals surface area contributed by atoms with Crippen LogP contribution in [0.3, 0.4) is 0 Å². The molecule has 3 N–H and O–H groups in total. The van der Waals surface area contributed by atoms with Gasteiger partial charge in [-0.1, -0.05) is 0 Å². The molecule has 4 rings (SSSR count). The number of carbonyl (C=O) groups excluding carboxylic acids is 1. The van der Waals surface area contributed by atoms with Crippen molar-refractivity contribution in [2.24, 2.45) is 0 Å². The summed E-state index contributed by atoms with van der Waals surface area (Å²) in [4.78, 5) is 17.3. The fourth-order valence-electron chi connectivity index (χ4n) is 3.34. The number of hydrogen-bond acceptors (Lipinski definition) is 5. The van der Waals surface area contributed by atoms with Crippen molar-refractivity contribution < 1.29 is 9.90 Å². The Bertz CT molecular complexity index is 698. The van der Waals surface area contributed by atoms with Gasteiger partial charge in [0.05, 0.1) is 6.20 Å². The van der Waals surface area contributed by atoms with Gasteiger partial charge in [-0.25, -0.2) is 4.98 Å². The SMILES string of the molecule is O=C(N[C@@H]1C[C@H]2CC[C@@H]1N2)c1cnc(-c2ccc(O)cc2)s1. The largest absolute Gasteiger partial charge is 0.508 e. The molecule has 2 saturated heterocycles. The van der Waals surface area contributed by atoms with Crippen molar-refractivity contribution in [3.63, 3.8) is 0 Å². The maximum Gasteiger partial charge on any atom is 0.263 e. The molecule has 2 aliphatic heterocycles. The lowest BCUT2D eigenvalue weighted by Gasteiger charge is -2.20. The molecule has 3 heterocycles. The van der Waals surface area contributed by atoms with E-state index in [1.54, 1.807) is 30.5 Å². The van der Waals surface area contributed by atoms with Crippen LogP contribution in [0.25, 0.3) is 10.6 Å². The van der Waals surface area contributed by atoms with Crippen molar-refractivity contribution in [1.29, 1.82) is 0 Å². The van der Waals surface area contributed by atoms with Gasteiger partial charge in [0.1, 0.15) is 15.6 Å². The zero-order chi connectivity index (χ0) is 15.1. The second kappa shape index (κ2) is 5.37. The van der Waals surface area contributed by atoms with Gasteiger partial charge in [-0.2, -0.15) is 0 Å². The van der Waals surface area contributed by atoms with Crippen molar-refractivity contribution in [1.82, 2.24) is 15.6 Å². The standard InChI is InChI=1S/C16H17N3O2S/c20-11-4-1-9(2-5-11)16-17-8-14(22-16)15(21)19-13-7-10-3-6-12(13)18-10/h1-2,4-5,8,10,12-13,18,20H,3,6-7H2,(H,19,21)/t10-,12+,13-/m1/s1. The molecule has 1 aromatic carbocycles. The number of aromatic hydroxyl groups is 1. The molecule has 6 heteroatoms. The Morgan fingerprint density at radius 1 is 1.32 bits per heavy atom. The monoisotopic (exact) mass is 315 g/mol. The van der Waals surface area contributed by atoms with E-state index < -0.39 is 0 Å². The molecule has 0 radical (unpaired) electrons. The minimum absolute atomic E-state index is 0.0399. The number of amides is 1. The summed E-state index contributed by atoms with van der Waals surface area (Å²) in [6.45, 7) is 0. The Morgan fingerprint density at radius 3 is 2.82 bits per heavy atom. The Kier molecular flexibility index (Phi) is 3.35. The van der Waals surface area contributed by atoms with E-state index in [0.29, 0.717) is 17.0 Å². The van der Waals surface area contributed by atoms with Crippen LogP contribution in [0.5, 0.6) is 5.75 Å². The Morgan fingerprint density at radius 2 is 2.14 bits per heavy atom. The van der Waals surface area contributed by atoms with Crippen molar-refractivity contribution in [3.8, 4) is 16.3 Å². The highest BCUT2D eigenvalue weighted by atomic mass is 32.1. The summed E-state index contributed by atoms with van der Waals surface area (Å²) in [7, 11) is 0. The van der Waals surface area contributed by atoms with E-state index in [1.807, 2.05) is 0 Å². The summed E-state index contributed by atoms with van der Waals surface area (Å²) in [5, 5.41) is 16.8. The molecule has 5 nitrogen and oxygen atoms in total. The smallest absolute Gasteiger partial charge is 0.263 e. The van der Waals surface area contributed by atoms with Gasteiger partial charge in [-0.05, 0) is 43.5 Å². The number of fused-ring (bicyclic) bond motifs is 2. The van der Waals surface area contributed by atoms with E-state index in [1.165, 1.54) is 17.8 Å². The number of carbonyl (C=O) groups is 1. The Hall–Kier alpha value is -1.92. The molecule has 0 aliphatic carbocycles. The number of phenols is 1. The Balaban J connectivity index is 1.46. The van der Waals surface area contributed by atoms with Gasteiger partial charge in [0, 0.05) is 23.7 Å². The number of nitrogens with zero attached hydrogens (tertiary/aromatic N) is 1. The molecule has 2 fully saturated rings. The van der Waals surface area contributed by atoms with E-state index >= 15 is 0 Å². The van der Waals surface area contributed by atoms with Gasteiger partial charge in [0.25, 0.3) is 5.91 Å². The number of hydrogen-bond donors (Lipinski definition) is 3. The van der Waals surface area contributed by atoms with Crippen LogP contribution in [0.15, 0.2) is 30.5 Å². The number of aromatic nitrogens is 1. The first kappa shape index (κ1) is 13.7. The van der Waals surface area contributed by atoms with Gasteiger partial charge in [-0.15, -0.1) is 11.3 Å².